The Balaban J connectivity index is 1.66. The van der Waals surface area contributed by atoms with Crippen LogP contribution in [0.3, 0.4) is 0 Å². The summed E-state index contributed by atoms with van der Waals surface area (Å²) in [6.45, 7) is 1.91. The Labute approximate surface area is 104 Å². The summed E-state index contributed by atoms with van der Waals surface area (Å²) in [6, 6.07) is 1.76. The number of hydrogen-bond acceptors (Lipinski definition) is 3. The summed E-state index contributed by atoms with van der Waals surface area (Å²) in [6.07, 6.45) is 5.85. The summed E-state index contributed by atoms with van der Waals surface area (Å²) >= 11 is 0. The highest BCUT2D eigenvalue weighted by atomic mass is 16.2. The minimum Gasteiger partial charge on any atom is -0.344 e. The highest BCUT2D eigenvalue weighted by Gasteiger charge is 2.26. The second kappa shape index (κ2) is 4.29. The van der Waals surface area contributed by atoms with Crippen LogP contribution in [0.4, 0.5) is 0 Å². The van der Waals surface area contributed by atoms with Gasteiger partial charge in [-0.1, -0.05) is 0 Å². The van der Waals surface area contributed by atoms with E-state index in [1.807, 2.05) is 13.0 Å². The number of aromatic amines is 2. The molecule has 0 aromatic carbocycles. The lowest BCUT2D eigenvalue weighted by Gasteiger charge is -2.10. The van der Waals surface area contributed by atoms with Gasteiger partial charge in [-0.25, -0.2) is 0 Å². The normalized spacial score (nSPS) is 16.5. The van der Waals surface area contributed by atoms with Crippen LogP contribution in [0.2, 0.25) is 0 Å². The molecule has 0 aliphatic heterocycles. The molecule has 1 amide bonds. The summed E-state index contributed by atoms with van der Waals surface area (Å²) in [4.78, 5) is 12.0. The van der Waals surface area contributed by atoms with Crippen molar-refractivity contribution in [1.29, 1.82) is 0 Å². The van der Waals surface area contributed by atoms with E-state index in [1.165, 1.54) is 12.8 Å². The average molecular weight is 245 g/mol. The van der Waals surface area contributed by atoms with E-state index in [1.54, 1.807) is 12.4 Å². The minimum atomic E-state index is -0.160. The molecule has 0 spiro atoms. The van der Waals surface area contributed by atoms with Crippen LogP contribution < -0.4 is 5.32 Å². The zero-order chi connectivity index (χ0) is 12.5. The molecule has 2 heterocycles. The van der Waals surface area contributed by atoms with E-state index in [0.717, 1.165) is 11.3 Å². The van der Waals surface area contributed by atoms with Crippen LogP contribution in [0.5, 0.6) is 0 Å². The highest BCUT2D eigenvalue weighted by Crippen LogP contribution is 2.38. The Morgan fingerprint density at radius 3 is 3.06 bits per heavy atom. The predicted octanol–water partition coefficient (Wildman–Crippen LogP) is 1.50. The molecule has 0 saturated heterocycles. The number of aromatic nitrogens is 4. The quantitative estimate of drug-likeness (QED) is 0.763. The molecule has 1 fully saturated rings. The standard InChI is InChI=1S/C12H15N5O/c1-7(9-5-13-14-6-9)15-12(18)11-4-10(16-17-11)8-2-3-8/h4-8H,2-3H2,1H3,(H,13,14)(H,15,18)(H,16,17). The first-order valence-corrected chi connectivity index (χ1v) is 6.09. The molecular formula is C12H15N5O. The van der Waals surface area contributed by atoms with Gasteiger partial charge in [-0.05, 0) is 25.8 Å². The largest absolute Gasteiger partial charge is 0.344 e. The van der Waals surface area contributed by atoms with Crippen LogP contribution in [-0.2, 0) is 0 Å². The molecule has 94 valence electrons. The Morgan fingerprint density at radius 2 is 2.39 bits per heavy atom. The van der Waals surface area contributed by atoms with Crippen molar-refractivity contribution in [1.82, 2.24) is 25.7 Å². The fourth-order valence-corrected chi connectivity index (χ4v) is 1.91. The summed E-state index contributed by atoms with van der Waals surface area (Å²) in [5, 5.41) is 16.5. The van der Waals surface area contributed by atoms with Crippen molar-refractivity contribution < 1.29 is 4.79 Å². The smallest absolute Gasteiger partial charge is 0.272 e. The highest BCUT2D eigenvalue weighted by molar-refractivity contribution is 5.92. The van der Waals surface area contributed by atoms with Crippen molar-refractivity contribution >= 4 is 5.91 Å². The first-order chi connectivity index (χ1) is 8.74. The van der Waals surface area contributed by atoms with Crippen LogP contribution in [0.15, 0.2) is 18.5 Å². The first-order valence-electron chi connectivity index (χ1n) is 6.09. The van der Waals surface area contributed by atoms with Crippen molar-refractivity contribution in [2.45, 2.75) is 31.7 Å². The zero-order valence-electron chi connectivity index (χ0n) is 10.1. The van der Waals surface area contributed by atoms with Gasteiger partial charge < -0.3 is 5.32 Å². The fraction of sp³-hybridized carbons (Fsp3) is 0.417. The van der Waals surface area contributed by atoms with Crippen molar-refractivity contribution in [2.75, 3.05) is 0 Å². The van der Waals surface area contributed by atoms with E-state index in [0.29, 0.717) is 11.6 Å². The lowest BCUT2D eigenvalue weighted by atomic mass is 10.2. The number of carbonyl (C=O) groups excluding carboxylic acids is 1. The molecule has 2 aromatic heterocycles. The molecule has 6 heteroatoms. The third-order valence-electron chi connectivity index (χ3n) is 3.21. The van der Waals surface area contributed by atoms with Crippen LogP contribution in [0.25, 0.3) is 0 Å². The molecule has 1 atom stereocenters. The predicted molar refractivity (Wildman–Crippen MR) is 65.0 cm³/mol. The number of nitrogens with zero attached hydrogens (tertiary/aromatic N) is 2. The Morgan fingerprint density at radius 1 is 1.56 bits per heavy atom. The molecule has 18 heavy (non-hydrogen) atoms. The van der Waals surface area contributed by atoms with Gasteiger partial charge in [0.15, 0.2) is 0 Å². The molecule has 0 bridgehead atoms. The van der Waals surface area contributed by atoms with E-state index >= 15 is 0 Å². The van der Waals surface area contributed by atoms with Gasteiger partial charge in [0.05, 0.1) is 12.2 Å². The van der Waals surface area contributed by atoms with Gasteiger partial charge in [0.1, 0.15) is 5.69 Å². The summed E-state index contributed by atoms with van der Waals surface area (Å²) < 4.78 is 0. The second-order valence-corrected chi connectivity index (χ2v) is 4.71. The SMILES string of the molecule is CC(NC(=O)c1cc(C2CC2)[nH]n1)c1cn[nH]c1. The van der Waals surface area contributed by atoms with Crippen LogP contribution in [-0.4, -0.2) is 26.3 Å². The average Bonchev–Trinajstić information content (AvgIpc) is 2.91. The maximum Gasteiger partial charge on any atom is 0.272 e. The number of nitrogens with one attached hydrogen (secondary N) is 3. The molecule has 1 aliphatic carbocycles. The molecule has 1 aliphatic rings. The third-order valence-corrected chi connectivity index (χ3v) is 3.21. The molecular weight excluding hydrogens is 230 g/mol. The Hall–Kier alpha value is -2.11. The van der Waals surface area contributed by atoms with E-state index in [4.69, 9.17) is 0 Å². The topological polar surface area (TPSA) is 86.5 Å². The van der Waals surface area contributed by atoms with Gasteiger partial charge in [-0.3, -0.25) is 15.0 Å². The summed E-state index contributed by atoms with van der Waals surface area (Å²) in [5.41, 5.74) is 2.46. The van der Waals surface area contributed by atoms with Crippen molar-refractivity contribution in [2.24, 2.45) is 0 Å². The van der Waals surface area contributed by atoms with Crippen molar-refractivity contribution in [3.63, 3.8) is 0 Å². The van der Waals surface area contributed by atoms with Crippen LogP contribution in [0.1, 0.15) is 53.5 Å². The van der Waals surface area contributed by atoms with Gasteiger partial charge in [0.25, 0.3) is 5.91 Å². The lowest BCUT2D eigenvalue weighted by molar-refractivity contribution is 0.0935. The van der Waals surface area contributed by atoms with E-state index in [9.17, 15) is 4.79 Å². The lowest BCUT2D eigenvalue weighted by Crippen LogP contribution is -2.26. The summed E-state index contributed by atoms with van der Waals surface area (Å²) in [7, 11) is 0. The zero-order valence-corrected chi connectivity index (χ0v) is 10.1. The van der Waals surface area contributed by atoms with Crippen molar-refractivity contribution in [3.8, 4) is 0 Å². The summed E-state index contributed by atoms with van der Waals surface area (Å²) in [5.74, 6) is 0.414. The minimum absolute atomic E-state index is 0.0858. The maximum atomic E-state index is 12.0. The molecule has 1 unspecified atom stereocenters. The molecule has 2 aromatic rings. The number of hydrogen-bond donors (Lipinski definition) is 3. The molecule has 6 nitrogen and oxygen atoms in total. The van der Waals surface area contributed by atoms with Gasteiger partial charge >= 0.3 is 0 Å². The fourth-order valence-electron chi connectivity index (χ4n) is 1.91. The first kappa shape index (κ1) is 11.0. The van der Waals surface area contributed by atoms with Gasteiger partial charge in [0.2, 0.25) is 0 Å². The number of amides is 1. The monoisotopic (exact) mass is 245 g/mol. The van der Waals surface area contributed by atoms with Crippen LogP contribution >= 0.6 is 0 Å². The van der Waals surface area contributed by atoms with E-state index in [2.05, 4.69) is 25.7 Å². The second-order valence-electron chi connectivity index (χ2n) is 4.71. The maximum absolute atomic E-state index is 12.0. The molecule has 0 radical (unpaired) electrons. The van der Waals surface area contributed by atoms with Gasteiger partial charge in [-0.2, -0.15) is 10.2 Å². The molecule has 3 N–H and O–H groups in total. The van der Waals surface area contributed by atoms with Crippen LogP contribution in [0, 0.1) is 0 Å². The van der Waals surface area contributed by atoms with E-state index in [-0.39, 0.29) is 11.9 Å². The molecule has 1 saturated carbocycles. The number of carbonyl (C=O) groups is 1. The van der Waals surface area contributed by atoms with Gasteiger partial charge in [-0.15, -0.1) is 0 Å². The number of H-pyrrole nitrogens is 2. The van der Waals surface area contributed by atoms with Gasteiger partial charge in [0, 0.05) is 23.4 Å². The van der Waals surface area contributed by atoms with Crippen molar-refractivity contribution in [3.05, 3.63) is 35.4 Å². The molecule has 3 rings (SSSR count). The third kappa shape index (κ3) is 2.13. The van der Waals surface area contributed by atoms with E-state index < -0.39 is 0 Å². The number of rotatable bonds is 4. The Kier molecular flexibility index (Phi) is 2.62. The Bertz CT molecular complexity index is 541.